The average Bonchev–Trinajstić information content (AvgIpc) is 3.03. The summed E-state index contributed by atoms with van der Waals surface area (Å²) in [5.41, 5.74) is 0.839. The third kappa shape index (κ3) is 4.47. The lowest BCUT2D eigenvalue weighted by Gasteiger charge is -2.34. The van der Waals surface area contributed by atoms with Crippen molar-refractivity contribution < 1.29 is 9.32 Å². The summed E-state index contributed by atoms with van der Waals surface area (Å²) in [6.07, 6.45) is 0.836. The van der Waals surface area contributed by atoms with Gasteiger partial charge < -0.3 is 14.7 Å². The van der Waals surface area contributed by atoms with Gasteiger partial charge in [0.05, 0.1) is 0 Å². The van der Waals surface area contributed by atoms with Crippen LogP contribution in [0.2, 0.25) is 5.02 Å². The summed E-state index contributed by atoms with van der Waals surface area (Å²) < 4.78 is 5.24. The minimum Gasteiger partial charge on any atom is -0.339 e. The molecular weight excluding hydrogens is 351 g/mol. The first-order valence-corrected chi connectivity index (χ1v) is 8.10. The molecule has 2 aromatic rings. The molecule has 2 heterocycles. The van der Waals surface area contributed by atoms with Gasteiger partial charge in [0.25, 0.3) is 0 Å². The van der Waals surface area contributed by atoms with Crippen molar-refractivity contribution in [3.8, 4) is 11.4 Å². The van der Waals surface area contributed by atoms with Gasteiger partial charge in [0.2, 0.25) is 17.6 Å². The van der Waals surface area contributed by atoms with E-state index in [0.29, 0.717) is 29.6 Å². The topological polar surface area (TPSA) is 71.3 Å². The summed E-state index contributed by atoms with van der Waals surface area (Å²) >= 11 is 5.86. The number of nitrogens with one attached hydrogen (secondary N) is 1. The van der Waals surface area contributed by atoms with Crippen LogP contribution in [0.4, 0.5) is 0 Å². The lowest BCUT2D eigenvalue weighted by atomic mass is 10.2. The van der Waals surface area contributed by atoms with Crippen LogP contribution in [0.5, 0.6) is 0 Å². The Morgan fingerprint density at radius 2 is 2.17 bits per heavy atom. The standard InChI is InChI=1S/C16H19ClN4O2.ClH/c1-11-10-18-8-9-21(11)15(22)7-6-14-19-16(20-23-14)12-2-4-13(17)5-3-12;/h2-5,11,18H,6-10H2,1H3;1H/t11-;/m1./s1. The molecule has 0 aliphatic carbocycles. The highest BCUT2D eigenvalue weighted by atomic mass is 35.5. The minimum absolute atomic E-state index is 0. The molecule has 130 valence electrons. The quantitative estimate of drug-likeness (QED) is 0.895. The molecule has 0 bridgehead atoms. The van der Waals surface area contributed by atoms with E-state index in [2.05, 4.69) is 22.4 Å². The van der Waals surface area contributed by atoms with Gasteiger partial charge in [-0.25, -0.2) is 0 Å². The van der Waals surface area contributed by atoms with Crippen LogP contribution in [0, 0.1) is 0 Å². The smallest absolute Gasteiger partial charge is 0.227 e. The number of benzene rings is 1. The first kappa shape index (κ1) is 18.7. The Balaban J connectivity index is 0.00000208. The van der Waals surface area contributed by atoms with Gasteiger partial charge in [-0.15, -0.1) is 12.4 Å². The van der Waals surface area contributed by atoms with Crippen molar-refractivity contribution in [3.63, 3.8) is 0 Å². The molecule has 8 heteroatoms. The van der Waals surface area contributed by atoms with Crippen molar-refractivity contribution in [2.75, 3.05) is 19.6 Å². The molecule has 3 rings (SSSR count). The van der Waals surface area contributed by atoms with Gasteiger partial charge in [0.1, 0.15) is 0 Å². The van der Waals surface area contributed by atoms with Crippen molar-refractivity contribution in [1.82, 2.24) is 20.4 Å². The first-order valence-electron chi connectivity index (χ1n) is 7.72. The van der Waals surface area contributed by atoms with E-state index in [-0.39, 0.29) is 24.4 Å². The normalized spacial score (nSPS) is 17.4. The van der Waals surface area contributed by atoms with Gasteiger partial charge >= 0.3 is 0 Å². The molecule has 0 spiro atoms. The Morgan fingerprint density at radius 1 is 1.42 bits per heavy atom. The highest BCUT2D eigenvalue weighted by Crippen LogP contribution is 2.19. The maximum Gasteiger partial charge on any atom is 0.227 e. The third-order valence-electron chi connectivity index (χ3n) is 3.94. The van der Waals surface area contributed by atoms with Crippen LogP contribution >= 0.6 is 24.0 Å². The monoisotopic (exact) mass is 370 g/mol. The summed E-state index contributed by atoms with van der Waals surface area (Å²) in [7, 11) is 0. The van der Waals surface area contributed by atoms with Gasteiger partial charge in [-0.3, -0.25) is 4.79 Å². The summed E-state index contributed by atoms with van der Waals surface area (Å²) in [6, 6.07) is 7.46. The number of halogens is 2. The number of hydrogen-bond donors (Lipinski definition) is 1. The van der Waals surface area contributed by atoms with Crippen LogP contribution in [0.1, 0.15) is 19.2 Å². The fourth-order valence-corrected chi connectivity index (χ4v) is 2.77. The van der Waals surface area contributed by atoms with Crippen LogP contribution in [-0.2, 0) is 11.2 Å². The zero-order valence-electron chi connectivity index (χ0n) is 13.4. The Labute approximate surface area is 152 Å². The van der Waals surface area contributed by atoms with E-state index in [9.17, 15) is 4.79 Å². The number of rotatable bonds is 4. The highest BCUT2D eigenvalue weighted by Gasteiger charge is 2.23. The molecule has 1 amide bonds. The molecule has 0 radical (unpaired) electrons. The first-order chi connectivity index (χ1) is 11.1. The Hall–Kier alpha value is -1.63. The highest BCUT2D eigenvalue weighted by molar-refractivity contribution is 6.30. The maximum absolute atomic E-state index is 12.3. The minimum atomic E-state index is 0. The lowest BCUT2D eigenvalue weighted by Crippen LogP contribution is -2.52. The number of amides is 1. The molecule has 24 heavy (non-hydrogen) atoms. The predicted octanol–water partition coefficient (Wildman–Crippen LogP) is 2.56. The number of aryl methyl sites for hydroxylation is 1. The molecule has 6 nitrogen and oxygen atoms in total. The second-order valence-electron chi connectivity index (χ2n) is 5.66. The molecule has 1 N–H and O–H groups in total. The van der Waals surface area contributed by atoms with E-state index >= 15 is 0 Å². The molecule has 1 aliphatic rings. The second-order valence-corrected chi connectivity index (χ2v) is 6.10. The molecule has 0 saturated carbocycles. The molecular formula is C16H20Cl2N4O2. The number of aromatic nitrogens is 2. The number of carbonyl (C=O) groups excluding carboxylic acids is 1. The van der Waals surface area contributed by atoms with E-state index in [1.807, 2.05) is 17.0 Å². The number of nitrogens with zero attached hydrogens (tertiary/aromatic N) is 3. The van der Waals surface area contributed by atoms with Crippen molar-refractivity contribution in [2.45, 2.75) is 25.8 Å². The van der Waals surface area contributed by atoms with E-state index in [0.717, 1.165) is 25.2 Å². The van der Waals surface area contributed by atoms with Crippen molar-refractivity contribution in [1.29, 1.82) is 0 Å². The summed E-state index contributed by atoms with van der Waals surface area (Å²) in [5.74, 6) is 1.12. The average molecular weight is 371 g/mol. The predicted molar refractivity (Wildman–Crippen MR) is 94.4 cm³/mol. The largest absolute Gasteiger partial charge is 0.339 e. The molecule has 1 aromatic carbocycles. The van der Waals surface area contributed by atoms with Crippen LogP contribution < -0.4 is 5.32 Å². The number of carbonyl (C=O) groups is 1. The van der Waals surface area contributed by atoms with Crippen LogP contribution in [0.3, 0.4) is 0 Å². The van der Waals surface area contributed by atoms with Crippen LogP contribution in [0.25, 0.3) is 11.4 Å². The molecule has 1 aliphatic heterocycles. The molecule has 1 saturated heterocycles. The molecule has 1 aromatic heterocycles. The van der Waals surface area contributed by atoms with E-state index in [1.54, 1.807) is 12.1 Å². The van der Waals surface area contributed by atoms with E-state index < -0.39 is 0 Å². The molecule has 1 atom stereocenters. The maximum atomic E-state index is 12.3. The summed E-state index contributed by atoms with van der Waals surface area (Å²) in [6.45, 7) is 4.49. The van der Waals surface area contributed by atoms with Crippen molar-refractivity contribution in [2.24, 2.45) is 0 Å². The van der Waals surface area contributed by atoms with Gasteiger partial charge in [0, 0.05) is 49.1 Å². The Bertz CT molecular complexity index is 675. The fourth-order valence-electron chi connectivity index (χ4n) is 2.64. The zero-order chi connectivity index (χ0) is 16.2. The Morgan fingerprint density at radius 3 is 2.88 bits per heavy atom. The summed E-state index contributed by atoms with van der Waals surface area (Å²) in [5, 5.41) is 7.89. The van der Waals surface area contributed by atoms with Gasteiger partial charge in [-0.1, -0.05) is 16.8 Å². The van der Waals surface area contributed by atoms with E-state index in [4.69, 9.17) is 16.1 Å². The van der Waals surface area contributed by atoms with Crippen molar-refractivity contribution >= 4 is 29.9 Å². The van der Waals surface area contributed by atoms with Crippen LogP contribution in [-0.4, -0.2) is 46.6 Å². The number of piperazine rings is 1. The lowest BCUT2D eigenvalue weighted by molar-refractivity contribution is -0.134. The zero-order valence-corrected chi connectivity index (χ0v) is 14.9. The number of hydrogen-bond acceptors (Lipinski definition) is 5. The van der Waals surface area contributed by atoms with Gasteiger partial charge in [-0.05, 0) is 31.2 Å². The van der Waals surface area contributed by atoms with Crippen LogP contribution in [0.15, 0.2) is 28.8 Å². The van der Waals surface area contributed by atoms with E-state index in [1.165, 1.54) is 0 Å². The molecule has 1 fully saturated rings. The summed E-state index contributed by atoms with van der Waals surface area (Å²) in [4.78, 5) is 18.5. The third-order valence-corrected chi connectivity index (χ3v) is 4.20. The fraction of sp³-hybridized carbons (Fsp3) is 0.438. The van der Waals surface area contributed by atoms with Gasteiger partial charge in [0.15, 0.2) is 0 Å². The van der Waals surface area contributed by atoms with Gasteiger partial charge in [-0.2, -0.15) is 4.98 Å². The molecule has 0 unspecified atom stereocenters. The Kier molecular flexibility index (Phi) is 6.60. The SMILES string of the molecule is C[C@@H]1CNCCN1C(=O)CCc1nc(-c2ccc(Cl)cc2)no1.Cl. The second kappa shape index (κ2) is 8.46. The van der Waals surface area contributed by atoms with Crippen molar-refractivity contribution in [3.05, 3.63) is 35.2 Å².